The number of aromatic nitrogens is 3. The lowest BCUT2D eigenvalue weighted by atomic mass is 10.2. The molecule has 5 nitrogen and oxygen atoms in total. The van der Waals surface area contributed by atoms with Crippen LogP contribution in [0.1, 0.15) is 16.7 Å². The summed E-state index contributed by atoms with van der Waals surface area (Å²) in [7, 11) is 0. The first-order chi connectivity index (χ1) is 14.4. The lowest BCUT2D eigenvalue weighted by molar-refractivity contribution is 0.757. The molecule has 0 atom stereocenters. The van der Waals surface area contributed by atoms with Crippen molar-refractivity contribution in [3.63, 3.8) is 0 Å². The van der Waals surface area contributed by atoms with Crippen molar-refractivity contribution in [2.24, 2.45) is 0 Å². The molecule has 0 amide bonds. The molecular weight excluding hydrogens is 358 g/mol. The molecule has 0 radical (unpaired) electrons. The van der Waals surface area contributed by atoms with Gasteiger partial charge in [-0.3, -0.25) is 0 Å². The summed E-state index contributed by atoms with van der Waals surface area (Å²) in [6.07, 6.45) is 1.57. The monoisotopic (exact) mass is 381 g/mol. The summed E-state index contributed by atoms with van der Waals surface area (Å²) in [5.41, 5.74) is 3.60. The Balaban J connectivity index is 1.54. The van der Waals surface area contributed by atoms with Gasteiger partial charge in [0.1, 0.15) is 6.33 Å². The maximum Gasteiger partial charge on any atom is 0.230 e. The maximum atomic E-state index is 4.67. The van der Waals surface area contributed by atoms with Gasteiger partial charge in [0.25, 0.3) is 0 Å². The molecule has 5 heteroatoms. The lowest BCUT2D eigenvalue weighted by Gasteiger charge is -2.23. The molecular formula is C24H23N5. The Morgan fingerprint density at radius 2 is 1.14 bits per heavy atom. The fourth-order valence-electron chi connectivity index (χ4n) is 3.11. The van der Waals surface area contributed by atoms with Gasteiger partial charge in [-0.25, -0.2) is 9.97 Å². The van der Waals surface area contributed by atoms with Crippen LogP contribution in [0.3, 0.4) is 0 Å². The third-order valence-corrected chi connectivity index (χ3v) is 4.57. The van der Waals surface area contributed by atoms with E-state index >= 15 is 0 Å². The quantitative estimate of drug-likeness (QED) is 0.480. The average molecular weight is 381 g/mol. The first-order valence-electron chi connectivity index (χ1n) is 9.66. The van der Waals surface area contributed by atoms with Crippen LogP contribution in [0.5, 0.6) is 0 Å². The highest BCUT2D eigenvalue weighted by atomic mass is 15.3. The average Bonchev–Trinajstić information content (AvgIpc) is 2.80. The summed E-state index contributed by atoms with van der Waals surface area (Å²) in [4.78, 5) is 15.6. The van der Waals surface area contributed by atoms with Crippen LogP contribution in [0.2, 0.25) is 0 Å². The van der Waals surface area contributed by atoms with Gasteiger partial charge >= 0.3 is 0 Å². The highest BCUT2D eigenvalue weighted by molar-refractivity contribution is 5.39. The molecule has 0 unspecified atom stereocenters. The number of hydrogen-bond acceptors (Lipinski definition) is 5. The Labute approximate surface area is 171 Å². The van der Waals surface area contributed by atoms with Gasteiger partial charge in [-0.2, -0.15) is 4.98 Å². The van der Waals surface area contributed by atoms with Crippen molar-refractivity contribution in [2.45, 2.75) is 19.6 Å². The Morgan fingerprint density at radius 1 is 0.621 bits per heavy atom. The number of nitrogens with one attached hydrogen (secondary N) is 1. The highest BCUT2D eigenvalue weighted by Gasteiger charge is 2.13. The summed E-state index contributed by atoms with van der Waals surface area (Å²) in [6, 6.07) is 30.9. The van der Waals surface area contributed by atoms with Crippen molar-refractivity contribution < 1.29 is 0 Å². The Morgan fingerprint density at radius 3 is 1.69 bits per heavy atom. The second-order valence-electron chi connectivity index (χ2n) is 6.78. The van der Waals surface area contributed by atoms with Crippen molar-refractivity contribution in [1.29, 1.82) is 0 Å². The normalized spacial score (nSPS) is 10.5. The minimum atomic E-state index is 0.574. The van der Waals surface area contributed by atoms with Crippen LogP contribution < -0.4 is 10.2 Å². The largest absolute Gasteiger partial charge is 0.350 e. The van der Waals surface area contributed by atoms with E-state index in [2.05, 4.69) is 85.8 Å². The molecule has 0 fully saturated rings. The SMILES string of the molecule is c1ccc(CNc2ncnc(N(Cc3ccccc3)Cc3ccccc3)n2)cc1. The van der Waals surface area contributed by atoms with E-state index in [0.717, 1.165) is 13.1 Å². The van der Waals surface area contributed by atoms with Crippen LogP contribution in [0.15, 0.2) is 97.3 Å². The zero-order valence-corrected chi connectivity index (χ0v) is 16.1. The fraction of sp³-hybridized carbons (Fsp3) is 0.125. The Hall–Kier alpha value is -3.73. The summed E-state index contributed by atoms with van der Waals surface area (Å²) >= 11 is 0. The number of anilines is 2. The van der Waals surface area contributed by atoms with Crippen LogP contribution in [-0.4, -0.2) is 15.0 Å². The molecule has 1 N–H and O–H groups in total. The van der Waals surface area contributed by atoms with Crippen LogP contribution in [0.25, 0.3) is 0 Å². The fourth-order valence-corrected chi connectivity index (χ4v) is 3.11. The van der Waals surface area contributed by atoms with E-state index in [0.29, 0.717) is 18.4 Å². The van der Waals surface area contributed by atoms with Crippen LogP contribution in [-0.2, 0) is 19.6 Å². The molecule has 0 aliphatic rings. The number of rotatable bonds is 8. The molecule has 0 saturated heterocycles. The maximum absolute atomic E-state index is 4.67. The molecule has 0 aliphatic heterocycles. The van der Waals surface area contributed by atoms with E-state index in [9.17, 15) is 0 Å². The molecule has 0 spiro atoms. The van der Waals surface area contributed by atoms with Crippen molar-refractivity contribution in [1.82, 2.24) is 15.0 Å². The highest BCUT2D eigenvalue weighted by Crippen LogP contribution is 2.17. The molecule has 4 aromatic rings. The molecule has 0 saturated carbocycles. The van der Waals surface area contributed by atoms with Gasteiger partial charge in [0.05, 0.1) is 0 Å². The van der Waals surface area contributed by atoms with Crippen molar-refractivity contribution in [3.8, 4) is 0 Å². The smallest absolute Gasteiger partial charge is 0.230 e. The summed E-state index contributed by atoms with van der Waals surface area (Å²) in [6.45, 7) is 2.11. The van der Waals surface area contributed by atoms with Crippen LogP contribution in [0.4, 0.5) is 11.9 Å². The van der Waals surface area contributed by atoms with E-state index in [-0.39, 0.29) is 0 Å². The van der Waals surface area contributed by atoms with E-state index in [1.165, 1.54) is 16.7 Å². The van der Waals surface area contributed by atoms with E-state index in [1.807, 2.05) is 30.3 Å². The minimum Gasteiger partial charge on any atom is -0.350 e. The third-order valence-electron chi connectivity index (χ3n) is 4.57. The van der Waals surface area contributed by atoms with Gasteiger partial charge in [-0.05, 0) is 16.7 Å². The molecule has 3 aromatic carbocycles. The standard InChI is InChI=1S/C24H23N5/c1-4-10-20(11-5-1)16-25-23-26-19-27-24(28-23)29(17-21-12-6-2-7-13-21)18-22-14-8-3-9-15-22/h1-15,19H,16-18H2,(H,25,26,27,28). The number of nitrogens with zero attached hydrogens (tertiary/aromatic N) is 4. The number of benzene rings is 3. The van der Waals surface area contributed by atoms with E-state index in [4.69, 9.17) is 0 Å². The van der Waals surface area contributed by atoms with E-state index < -0.39 is 0 Å². The predicted molar refractivity (Wildman–Crippen MR) is 116 cm³/mol. The summed E-state index contributed by atoms with van der Waals surface area (Å²) < 4.78 is 0. The first-order valence-corrected chi connectivity index (χ1v) is 9.66. The zero-order chi connectivity index (χ0) is 19.7. The Kier molecular flexibility index (Phi) is 6.08. The second kappa shape index (κ2) is 9.46. The summed E-state index contributed by atoms with van der Waals surface area (Å²) in [5, 5.41) is 3.30. The predicted octanol–water partition coefficient (Wildman–Crippen LogP) is 4.69. The lowest BCUT2D eigenvalue weighted by Crippen LogP contribution is -2.24. The van der Waals surface area contributed by atoms with Crippen LogP contribution >= 0.6 is 0 Å². The van der Waals surface area contributed by atoms with Crippen molar-refractivity contribution >= 4 is 11.9 Å². The van der Waals surface area contributed by atoms with Gasteiger partial charge < -0.3 is 10.2 Å². The minimum absolute atomic E-state index is 0.574. The van der Waals surface area contributed by atoms with Gasteiger partial charge in [-0.1, -0.05) is 91.0 Å². The zero-order valence-electron chi connectivity index (χ0n) is 16.1. The molecule has 144 valence electrons. The number of hydrogen-bond donors (Lipinski definition) is 1. The summed E-state index contributed by atoms with van der Waals surface area (Å²) in [5.74, 6) is 1.23. The second-order valence-corrected chi connectivity index (χ2v) is 6.78. The van der Waals surface area contributed by atoms with Gasteiger partial charge in [-0.15, -0.1) is 0 Å². The van der Waals surface area contributed by atoms with Gasteiger partial charge in [0.2, 0.25) is 11.9 Å². The van der Waals surface area contributed by atoms with Crippen molar-refractivity contribution in [3.05, 3.63) is 114 Å². The molecule has 1 aromatic heterocycles. The third kappa shape index (κ3) is 5.39. The molecule has 0 aliphatic carbocycles. The van der Waals surface area contributed by atoms with E-state index in [1.54, 1.807) is 6.33 Å². The van der Waals surface area contributed by atoms with Crippen molar-refractivity contribution in [2.75, 3.05) is 10.2 Å². The topological polar surface area (TPSA) is 53.9 Å². The van der Waals surface area contributed by atoms with Crippen LogP contribution in [0, 0.1) is 0 Å². The Bertz CT molecular complexity index is 965. The molecule has 29 heavy (non-hydrogen) atoms. The first kappa shape index (κ1) is 18.6. The van der Waals surface area contributed by atoms with Gasteiger partial charge in [0, 0.05) is 19.6 Å². The molecule has 1 heterocycles. The molecule has 4 rings (SSSR count). The van der Waals surface area contributed by atoms with Gasteiger partial charge in [0.15, 0.2) is 0 Å². The molecule has 0 bridgehead atoms.